The van der Waals surface area contributed by atoms with Crippen molar-refractivity contribution in [1.29, 1.82) is 0 Å². The summed E-state index contributed by atoms with van der Waals surface area (Å²) in [5, 5.41) is 9.36. The lowest BCUT2D eigenvalue weighted by atomic mass is 9.83. The molecule has 5 atom stereocenters. The summed E-state index contributed by atoms with van der Waals surface area (Å²) in [5.74, 6) is -3.34. The standard InChI is InChI=1S/C18H26O6/c1-5-18(3,4)17(22)24-10(2)9-23-16(21)14-12-7-6-11(8-12)13(14)15(19)20/h6-7,10-14H,5,8-9H2,1-4H3,(H,19,20). The van der Waals surface area contributed by atoms with Crippen LogP contribution in [-0.4, -0.2) is 35.7 Å². The highest BCUT2D eigenvalue weighted by Gasteiger charge is 2.52. The second kappa shape index (κ2) is 6.95. The predicted molar refractivity (Wildman–Crippen MR) is 85.9 cm³/mol. The molecule has 2 bridgehead atoms. The molecule has 0 aliphatic heterocycles. The van der Waals surface area contributed by atoms with Gasteiger partial charge in [-0.2, -0.15) is 0 Å². The zero-order valence-electron chi connectivity index (χ0n) is 14.7. The third kappa shape index (κ3) is 3.62. The number of ether oxygens (including phenoxy) is 2. The Morgan fingerprint density at radius 1 is 1.21 bits per heavy atom. The molecule has 0 aromatic rings. The van der Waals surface area contributed by atoms with Crippen LogP contribution in [0.3, 0.4) is 0 Å². The SMILES string of the molecule is CCC(C)(C)C(=O)OC(C)COC(=O)C1C2C=CC(C2)C1C(=O)O. The molecule has 6 heteroatoms. The average molecular weight is 338 g/mol. The second-order valence-corrected chi connectivity index (χ2v) is 7.42. The van der Waals surface area contributed by atoms with Crippen LogP contribution >= 0.6 is 0 Å². The molecule has 1 fully saturated rings. The number of allylic oxidation sites excluding steroid dienone is 2. The highest BCUT2D eigenvalue weighted by Crippen LogP contribution is 2.48. The lowest BCUT2D eigenvalue weighted by Gasteiger charge is -2.25. The smallest absolute Gasteiger partial charge is 0.311 e. The molecule has 0 spiro atoms. The molecular formula is C18H26O6. The lowest BCUT2D eigenvalue weighted by Crippen LogP contribution is -2.36. The van der Waals surface area contributed by atoms with Crippen LogP contribution in [0.1, 0.15) is 40.5 Å². The first-order chi connectivity index (χ1) is 11.2. The molecule has 2 rings (SSSR count). The Hall–Kier alpha value is -1.85. The van der Waals surface area contributed by atoms with Crippen LogP contribution < -0.4 is 0 Å². The molecule has 0 radical (unpaired) electrons. The topological polar surface area (TPSA) is 89.9 Å². The second-order valence-electron chi connectivity index (χ2n) is 7.42. The Balaban J connectivity index is 1.88. The van der Waals surface area contributed by atoms with Gasteiger partial charge in [0.1, 0.15) is 12.7 Å². The molecule has 24 heavy (non-hydrogen) atoms. The van der Waals surface area contributed by atoms with Gasteiger partial charge in [0.15, 0.2) is 0 Å². The molecule has 5 unspecified atom stereocenters. The van der Waals surface area contributed by atoms with Crippen molar-refractivity contribution in [2.45, 2.75) is 46.6 Å². The van der Waals surface area contributed by atoms with Crippen molar-refractivity contribution < 1.29 is 29.0 Å². The Labute approximate surface area is 142 Å². The first kappa shape index (κ1) is 18.5. The average Bonchev–Trinajstić information content (AvgIpc) is 3.13. The molecule has 0 saturated heterocycles. The zero-order valence-corrected chi connectivity index (χ0v) is 14.7. The normalized spacial score (nSPS) is 29.3. The molecule has 0 aromatic carbocycles. The Bertz CT molecular complexity index is 550. The molecule has 2 aliphatic carbocycles. The molecule has 134 valence electrons. The summed E-state index contributed by atoms with van der Waals surface area (Å²) in [4.78, 5) is 35.8. The Kier molecular flexibility index (Phi) is 5.35. The van der Waals surface area contributed by atoms with Gasteiger partial charge in [-0.25, -0.2) is 0 Å². The van der Waals surface area contributed by atoms with E-state index in [1.807, 2.05) is 19.1 Å². The fraction of sp³-hybridized carbons (Fsp3) is 0.722. The monoisotopic (exact) mass is 338 g/mol. The number of hydrogen-bond donors (Lipinski definition) is 1. The number of rotatable bonds is 7. The van der Waals surface area contributed by atoms with E-state index in [1.54, 1.807) is 20.8 Å². The van der Waals surface area contributed by atoms with E-state index >= 15 is 0 Å². The van der Waals surface area contributed by atoms with E-state index in [-0.39, 0.29) is 24.4 Å². The fourth-order valence-corrected chi connectivity index (χ4v) is 3.30. The van der Waals surface area contributed by atoms with Gasteiger partial charge in [0.25, 0.3) is 0 Å². The summed E-state index contributed by atoms with van der Waals surface area (Å²) in [5.41, 5.74) is -0.581. The van der Waals surface area contributed by atoms with Crippen molar-refractivity contribution in [3.63, 3.8) is 0 Å². The van der Waals surface area contributed by atoms with Crippen LogP contribution in [0, 0.1) is 29.1 Å². The quantitative estimate of drug-likeness (QED) is 0.566. The summed E-state index contributed by atoms with van der Waals surface area (Å²) in [7, 11) is 0. The Morgan fingerprint density at radius 3 is 2.33 bits per heavy atom. The van der Waals surface area contributed by atoms with E-state index in [0.29, 0.717) is 12.8 Å². The first-order valence-corrected chi connectivity index (χ1v) is 8.46. The van der Waals surface area contributed by atoms with Gasteiger partial charge in [0.05, 0.1) is 17.3 Å². The lowest BCUT2D eigenvalue weighted by molar-refractivity contribution is -0.169. The molecule has 2 aliphatic rings. The highest BCUT2D eigenvalue weighted by molar-refractivity contribution is 5.83. The van der Waals surface area contributed by atoms with Crippen molar-refractivity contribution in [2.24, 2.45) is 29.1 Å². The van der Waals surface area contributed by atoms with Crippen LogP contribution in [0.15, 0.2) is 12.2 Å². The number of esters is 2. The van der Waals surface area contributed by atoms with Crippen molar-refractivity contribution in [1.82, 2.24) is 0 Å². The number of carbonyl (C=O) groups excluding carboxylic acids is 2. The first-order valence-electron chi connectivity index (χ1n) is 8.46. The number of aliphatic carboxylic acids is 1. The number of carboxylic acid groups (broad SMARTS) is 1. The largest absolute Gasteiger partial charge is 0.481 e. The summed E-state index contributed by atoms with van der Waals surface area (Å²) >= 11 is 0. The minimum atomic E-state index is -0.960. The maximum Gasteiger partial charge on any atom is 0.311 e. The van der Waals surface area contributed by atoms with Crippen molar-refractivity contribution in [3.05, 3.63) is 12.2 Å². The van der Waals surface area contributed by atoms with E-state index < -0.39 is 35.3 Å². The van der Waals surface area contributed by atoms with E-state index in [9.17, 15) is 19.5 Å². The zero-order chi connectivity index (χ0) is 18.1. The minimum Gasteiger partial charge on any atom is -0.481 e. The van der Waals surface area contributed by atoms with Gasteiger partial charge < -0.3 is 14.6 Å². The van der Waals surface area contributed by atoms with Crippen molar-refractivity contribution in [2.75, 3.05) is 6.61 Å². The molecule has 0 aromatic heterocycles. The van der Waals surface area contributed by atoms with Crippen molar-refractivity contribution in [3.8, 4) is 0 Å². The van der Waals surface area contributed by atoms with Gasteiger partial charge >= 0.3 is 17.9 Å². The van der Waals surface area contributed by atoms with Crippen LogP contribution in [-0.2, 0) is 23.9 Å². The maximum absolute atomic E-state index is 12.3. The fourth-order valence-electron chi connectivity index (χ4n) is 3.30. The van der Waals surface area contributed by atoms with Gasteiger partial charge in [-0.05, 0) is 45.4 Å². The molecule has 6 nitrogen and oxygen atoms in total. The van der Waals surface area contributed by atoms with Gasteiger partial charge in [-0.1, -0.05) is 19.1 Å². The van der Waals surface area contributed by atoms with E-state index in [0.717, 1.165) is 0 Å². The van der Waals surface area contributed by atoms with E-state index in [4.69, 9.17) is 9.47 Å². The molecule has 1 N–H and O–H groups in total. The predicted octanol–water partition coefficient (Wildman–Crippen LogP) is 2.42. The van der Waals surface area contributed by atoms with E-state index in [1.165, 1.54) is 0 Å². The number of hydrogen-bond acceptors (Lipinski definition) is 5. The summed E-state index contributed by atoms with van der Waals surface area (Å²) in [6, 6.07) is 0. The van der Waals surface area contributed by atoms with Crippen molar-refractivity contribution >= 4 is 17.9 Å². The van der Waals surface area contributed by atoms with Gasteiger partial charge in [0, 0.05) is 0 Å². The van der Waals surface area contributed by atoms with Gasteiger partial charge in [0.2, 0.25) is 0 Å². The third-order valence-corrected chi connectivity index (χ3v) is 5.22. The maximum atomic E-state index is 12.3. The summed E-state index contributed by atoms with van der Waals surface area (Å²) in [6.45, 7) is 7.10. The highest BCUT2D eigenvalue weighted by atomic mass is 16.6. The summed E-state index contributed by atoms with van der Waals surface area (Å²) in [6.07, 6.45) is 4.56. The minimum absolute atomic E-state index is 0.0612. The van der Waals surface area contributed by atoms with Gasteiger partial charge in [-0.15, -0.1) is 0 Å². The van der Waals surface area contributed by atoms with Crippen LogP contribution in [0.25, 0.3) is 0 Å². The Morgan fingerprint density at radius 2 is 1.79 bits per heavy atom. The number of fused-ring (bicyclic) bond motifs is 2. The van der Waals surface area contributed by atoms with Crippen LogP contribution in [0.5, 0.6) is 0 Å². The third-order valence-electron chi connectivity index (χ3n) is 5.22. The van der Waals surface area contributed by atoms with E-state index in [2.05, 4.69) is 0 Å². The molecular weight excluding hydrogens is 312 g/mol. The summed E-state index contributed by atoms with van der Waals surface area (Å²) < 4.78 is 10.6. The molecule has 0 amide bonds. The number of carbonyl (C=O) groups is 3. The van der Waals surface area contributed by atoms with Gasteiger partial charge in [-0.3, -0.25) is 14.4 Å². The molecule has 1 saturated carbocycles. The molecule has 0 heterocycles. The van der Waals surface area contributed by atoms with Crippen LogP contribution in [0.2, 0.25) is 0 Å². The van der Waals surface area contributed by atoms with Crippen LogP contribution in [0.4, 0.5) is 0 Å². The number of carboxylic acids is 1.